The SMILES string of the molecule is COC(=O)C1=C2Nc3ccccc3[C@]23CCN([C@H](C)[C]2[CH][CH][CH][C]2P(c2ccccc2)c2ccccc2)[C@@H]3[C@@H](OC(C)=O)C1.[CH]1[CH][CH][CH][CH]1.[Fe+2]. The number of carbonyl (C=O) groups excluding carboxylic acids is 2. The van der Waals surface area contributed by atoms with Gasteiger partial charge in [-0.2, -0.15) is 0 Å². The third-order valence-electron chi connectivity index (χ3n) is 10.1. The van der Waals surface area contributed by atoms with Crippen LogP contribution in [0.5, 0.6) is 0 Å². The van der Waals surface area contributed by atoms with Gasteiger partial charge in [0.15, 0.2) is 0 Å². The molecule has 2 heterocycles. The molecule has 2 aliphatic heterocycles. The molecule has 6 nitrogen and oxygen atoms in total. The Hall–Kier alpha value is -2.95. The summed E-state index contributed by atoms with van der Waals surface area (Å²) in [6.45, 7) is 4.52. The van der Waals surface area contributed by atoms with Gasteiger partial charge in [-0.1, -0.05) is 78.9 Å². The molecule has 8 rings (SSSR count). The number of para-hydroxylation sites is 1. The zero-order chi connectivity index (χ0) is 34.0. The Morgan fingerprint density at radius 1 is 0.860 bits per heavy atom. The van der Waals surface area contributed by atoms with Gasteiger partial charge in [-0.05, 0) is 94.9 Å². The van der Waals surface area contributed by atoms with E-state index in [4.69, 9.17) is 9.47 Å². The van der Waals surface area contributed by atoms with Gasteiger partial charge in [-0.15, -0.1) is 0 Å². The second-order valence-electron chi connectivity index (χ2n) is 12.8. The third kappa shape index (κ3) is 6.84. The average Bonchev–Trinajstić information content (AvgIpc) is 3.96. The smallest absolute Gasteiger partial charge is 0.466 e. The van der Waals surface area contributed by atoms with E-state index < -0.39 is 19.4 Å². The summed E-state index contributed by atoms with van der Waals surface area (Å²) < 4.78 is 11.4. The molecule has 0 unspecified atom stereocenters. The maximum atomic E-state index is 13.2. The molecule has 3 aromatic rings. The number of ether oxygens (including phenoxy) is 2. The molecule has 3 fully saturated rings. The first-order chi connectivity index (χ1) is 23.9. The summed E-state index contributed by atoms with van der Waals surface area (Å²) in [5, 5.41) is 6.24. The Morgan fingerprint density at radius 2 is 1.46 bits per heavy atom. The quantitative estimate of drug-likeness (QED) is 0.172. The number of esters is 2. The Labute approximate surface area is 310 Å². The van der Waals surface area contributed by atoms with Crippen LogP contribution in [0.2, 0.25) is 0 Å². The summed E-state index contributed by atoms with van der Waals surface area (Å²) in [6.07, 6.45) is 17.3. The van der Waals surface area contributed by atoms with Crippen LogP contribution in [0.1, 0.15) is 32.3 Å². The number of carbonyl (C=O) groups is 2. The number of nitrogens with one attached hydrogen (secondary N) is 1. The normalized spacial score (nSPS) is 25.0. The number of nitrogens with zero attached hydrogens (tertiary/aromatic N) is 1. The van der Waals surface area contributed by atoms with Crippen LogP contribution in [0.25, 0.3) is 0 Å². The second kappa shape index (κ2) is 16.2. The number of fused-ring (bicyclic) bond motifs is 1. The number of rotatable bonds is 7. The van der Waals surface area contributed by atoms with Crippen molar-refractivity contribution in [1.82, 2.24) is 4.90 Å². The van der Waals surface area contributed by atoms with Crippen molar-refractivity contribution in [1.29, 1.82) is 0 Å². The molecule has 3 aromatic carbocycles. The van der Waals surface area contributed by atoms with Crippen molar-refractivity contribution < 1.29 is 36.1 Å². The molecular weight excluding hydrogens is 683 g/mol. The molecule has 5 aliphatic rings. The van der Waals surface area contributed by atoms with E-state index in [0.29, 0.717) is 12.0 Å². The van der Waals surface area contributed by atoms with Crippen molar-refractivity contribution in [3.05, 3.63) is 165 Å². The predicted octanol–water partition coefficient (Wildman–Crippen LogP) is 6.46. The molecule has 1 saturated heterocycles. The van der Waals surface area contributed by atoms with Crippen LogP contribution in [0, 0.1) is 62.9 Å². The van der Waals surface area contributed by atoms with Gasteiger partial charge in [0.1, 0.15) is 6.10 Å². The monoisotopic (exact) mass is 724 g/mol. The maximum absolute atomic E-state index is 13.2. The number of anilines is 1. The second-order valence-corrected chi connectivity index (χ2v) is 15.0. The van der Waals surface area contributed by atoms with Gasteiger partial charge < -0.3 is 14.8 Å². The van der Waals surface area contributed by atoms with Gasteiger partial charge >= 0.3 is 29.0 Å². The molecule has 1 spiro atoms. The van der Waals surface area contributed by atoms with E-state index in [9.17, 15) is 9.59 Å². The molecule has 0 bridgehead atoms. The van der Waals surface area contributed by atoms with E-state index in [2.05, 4.69) is 115 Å². The predicted molar refractivity (Wildman–Crippen MR) is 195 cm³/mol. The summed E-state index contributed by atoms with van der Waals surface area (Å²) in [5.74, 6) is 0.560. The Kier molecular flexibility index (Phi) is 11.9. The molecule has 10 radical (unpaired) electrons. The summed E-state index contributed by atoms with van der Waals surface area (Å²) in [5.41, 5.74) is 4.41. The summed E-state index contributed by atoms with van der Waals surface area (Å²) in [6, 6.07) is 29.7. The van der Waals surface area contributed by atoms with Gasteiger partial charge in [0, 0.05) is 48.9 Å². The number of likely N-dealkylation sites (tertiary alicyclic amines) is 1. The molecule has 50 heavy (non-hydrogen) atoms. The zero-order valence-corrected chi connectivity index (χ0v) is 30.4. The number of hydrogen-bond donors (Lipinski definition) is 1. The van der Waals surface area contributed by atoms with Crippen LogP contribution in [-0.2, 0) is 41.5 Å². The van der Waals surface area contributed by atoms with E-state index in [0.717, 1.165) is 29.9 Å². The van der Waals surface area contributed by atoms with Gasteiger partial charge in [-0.25, -0.2) is 4.79 Å². The summed E-state index contributed by atoms with van der Waals surface area (Å²) in [4.78, 5) is 28.3. The van der Waals surface area contributed by atoms with E-state index >= 15 is 0 Å². The minimum Gasteiger partial charge on any atom is -0.466 e. The van der Waals surface area contributed by atoms with Gasteiger partial charge in [0.2, 0.25) is 0 Å². The number of methoxy groups -OCH3 is 1. The molecule has 254 valence electrons. The number of benzene rings is 3. The molecular formula is C42H41FeN2O4P+2. The minimum atomic E-state index is -0.789. The van der Waals surface area contributed by atoms with Crippen molar-refractivity contribution >= 4 is 36.2 Å². The largest absolute Gasteiger partial charge is 2.00 e. The van der Waals surface area contributed by atoms with Crippen molar-refractivity contribution in [2.24, 2.45) is 0 Å². The van der Waals surface area contributed by atoms with Crippen molar-refractivity contribution in [2.45, 2.75) is 50.3 Å². The van der Waals surface area contributed by atoms with Crippen LogP contribution in [0.15, 0.2) is 96.2 Å². The fourth-order valence-corrected chi connectivity index (χ4v) is 10.8. The Bertz CT molecular complexity index is 1620. The van der Waals surface area contributed by atoms with Crippen molar-refractivity contribution in [2.75, 3.05) is 19.0 Å². The molecule has 0 amide bonds. The Morgan fingerprint density at radius 3 is 2.06 bits per heavy atom. The standard InChI is InChI=1S/C37H36N2O4P.C5H5.Fe/c1-24(28-17-12-20-33(28)44(26-13-6-4-7-14-26)27-15-8-5-9-16-27)39-22-21-37-30-18-10-11-19-31(30)38-34(37)29(36(41)42-3)23-32(35(37)39)43-25(2)40;1-2-4-5-3-1;/h4-20,24,32,35,38H,21-23H2,1-3H3;1-5H;/q;;+2/t24-,32+,35-,37-;;/m1../s1. The molecule has 4 atom stereocenters. The first-order valence-electron chi connectivity index (χ1n) is 16.9. The fraction of sp³-hybridized carbons (Fsp3) is 0.238. The van der Waals surface area contributed by atoms with E-state index in [1.54, 1.807) is 0 Å². The fourth-order valence-electron chi connectivity index (χ4n) is 8.22. The minimum absolute atomic E-state index is 0. The van der Waals surface area contributed by atoms with E-state index in [1.165, 1.54) is 36.2 Å². The Balaban J connectivity index is 0.000000663. The average molecular weight is 725 g/mol. The van der Waals surface area contributed by atoms with Crippen LogP contribution in [-0.4, -0.2) is 48.7 Å². The maximum Gasteiger partial charge on any atom is 2.00 e. The van der Waals surface area contributed by atoms with Gasteiger partial charge in [-0.3, -0.25) is 9.69 Å². The molecule has 2 saturated carbocycles. The van der Waals surface area contributed by atoms with Gasteiger partial charge in [0.25, 0.3) is 0 Å². The van der Waals surface area contributed by atoms with Crippen molar-refractivity contribution in [3.8, 4) is 0 Å². The molecule has 8 heteroatoms. The van der Waals surface area contributed by atoms with Crippen LogP contribution in [0.3, 0.4) is 0 Å². The first kappa shape index (κ1) is 36.8. The molecule has 3 aliphatic carbocycles. The first-order valence-corrected chi connectivity index (χ1v) is 18.2. The summed E-state index contributed by atoms with van der Waals surface area (Å²) in [7, 11) is 0.623. The third-order valence-corrected chi connectivity index (χ3v) is 12.7. The topological polar surface area (TPSA) is 67.9 Å². The number of hydrogen-bond acceptors (Lipinski definition) is 6. The van der Waals surface area contributed by atoms with Crippen LogP contribution >= 0.6 is 7.92 Å². The molecule has 1 N–H and O–H groups in total. The zero-order valence-electron chi connectivity index (χ0n) is 28.4. The van der Waals surface area contributed by atoms with Gasteiger partial charge in [0.05, 0.1) is 24.1 Å². The van der Waals surface area contributed by atoms with E-state index in [1.807, 2.05) is 38.2 Å². The summed E-state index contributed by atoms with van der Waals surface area (Å²) >= 11 is 0. The van der Waals surface area contributed by atoms with Crippen molar-refractivity contribution in [3.63, 3.8) is 0 Å². The molecule has 0 aromatic heterocycles. The van der Waals surface area contributed by atoms with Crippen LogP contribution < -0.4 is 15.9 Å². The van der Waals surface area contributed by atoms with E-state index in [-0.39, 0.29) is 41.1 Å². The van der Waals surface area contributed by atoms with Crippen LogP contribution in [0.4, 0.5) is 5.69 Å².